The Kier molecular flexibility index (Phi) is 6.09. The maximum Gasteiger partial charge on any atom is 0.253 e. The molecule has 8 heteroatoms. The summed E-state index contributed by atoms with van der Waals surface area (Å²) in [6.07, 6.45) is 0. The summed E-state index contributed by atoms with van der Waals surface area (Å²) in [7, 11) is -1.88. The van der Waals surface area contributed by atoms with E-state index in [1.54, 1.807) is 56.2 Å². The number of carbonyl (C=O) groups is 1. The second kappa shape index (κ2) is 7.57. The van der Waals surface area contributed by atoms with E-state index in [1.165, 1.54) is 12.1 Å². The number of sulfonamides is 1. The van der Waals surface area contributed by atoms with E-state index in [0.717, 1.165) is 9.35 Å². The van der Waals surface area contributed by atoms with Crippen molar-refractivity contribution in [3.05, 3.63) is 50.6 Å². The Hall–Kier alpha value is -1.22. The molecule has 0 atom stereocenters. The average molecular weight is 445 g/mol. The third kappa shape index (κ3) is 5.64. The van der Waals surface area contributed by atoms with Crippen LogP contribution in [0.2, 0.25) is 0 Å². The van der Waals surface area contributed by atoms with Gasteiger partial charge in [0.2, 0.25) is 10.0 Å². The Morgan fingerprint density at radius 2 is 1.84 bits per heavy atom. The summed E-state index contributed by atoms with van der Waals surface area (Å²) >= 11 is 4.97. The number of thiophene rings is 1. The van der Waals surface area contributed by atoms with Gasteiger partial charge in [-0.2, -0.15) is 0 Å². The first-order valence-electron chi connectivity index (χ1n) is 7.60. The van der Waals surface area contributed by atoms with Crippen LogP contribution in [0.5, 0.6) is 0 Å². The van der Waals surface area contributed by atoms with E-state index in [2.05, 4.69) is 20.7 Å². The van der Waals surface area contributed by atoms with Gasteiger partial charge in [0, 0.05) is 32.9 Å². The number of nitrogens with one attached hydrogen (secondary N) is 1. The minimum atomic E-state index is -3.60. The predicted molar refractivity (Wildman–Crippen MR) is 104 cm³/mol. The van der Waals surface area contributed by atoms with E-state index in [4.69, 9.17) is 0 Å². The molecule has 0 fully saturated rings. The van der Waals surface area contributed by atoms with E-state index in [0.29, 0.717) is 12.1 Å². The van der Waals surface area contributed by atoms with E-state index in [-0.39, 0.29) is 10.8 Å². The average Bonchev–Trinajstić information content (AvgIpc) is 2.89. The van der Waals surface area contributed by atoms with Crippen molar-refractivity contribution in [1.82, 2.24) is 9.62 Å². The molecule has 0 radical (unpaired) electrons. The van der Waals surface area contributed by atoms with Gasteiger partial charge in [-0.1, -0.05) is 0 Å². The van der Waals surface area contributed by atoms with Gasteiger partial charge in [0.1, 0.15) is 0 Å². The van der Waals surface area contributed by atoms with Crippen molar-refractivity contribution in [2.45, 2.75) is 37.8 Å². The summed E-state index contributed by atoms with van der Waals surface area (Å²) in [6, 6.07) is 7.97. The fraction of sp³-hybridized carbons (Fsp3) is 0.353. The van der Waals surface area contributed by atoms with Gasteiger partial charge in [-0.3, -0.25) is 4.79 Å². The van der Waals surface area contributed by atoms with Crippen molar-refractivity contribution in [3.8, 4) is 0 Å². The highest BCUT2D eigenvalue weighted by Gasteiger charge is 2.22. The summed E-state index contributed by atoms with van der Waals surface area (Å²) in [6.45, 7) is 5.84. The molecule has 0 aliphatic rings. The molecule has 0 aliphatic carbocycles. The lowest BCUT2D eigenvalue weighted by Crippen LogP contribution is -2.40. The zero-order valence-corrected chi connectivity index (χ0v) is 17.8. The minimum absolute atomic E-state index is 0.142. The largest absolute Gasteiger partial charge is 0.337 e. The van der Waals surface area contributed by atoms with Gasteiger partial charge < -0.3 is 4.90 Å². The van der Waals surface area contributed by atoms with Crippen LogP contribution < -0.4 is 4.72 Å². The fourth-order valence-corrected chi connectivity index (χ4v) is 5.12. The van der Waals surface area contributed by atoms with Crippen LogP contribution in [0, 0.1) is 0 Å². The van der Waals surface area contributed by atoms with Crippen LogP contribution in [0.25, 0.3) is 0 Å². The number of halogens is 1. The first kappa shape index (κ1) is 20.1. The summed E-state index contributed by atoms with van der Waals surface area (Å²) in [5.74, 6) is -0.155. The van der Waals surface area contributed by atoms with Crippen LogP contribution in [-0.4, -0.2) is 31.8 Å². The molecule has 0 aliphatic heterocycles. The molecule has 1 heterocycles. The molecule has 2 aromatic rings. The molecule has 0 saturated heterocycles. The van der Waals surface area contributed by atoms with Crippen LogP contribution >= 0.6 is 27.3 Å². The van der Waals surface area contributed by atoms with Crippen molar-refractivity contribution in [2.75, 3.05) is 7.05 Å². The van der Waals surface area contributed by atoms with Crippen molar-refractivity contribution in [1.29, 1.82) is 0 Å². The van der Waals surface area contributed by atoms with E-state index in [9.17, 15) is 13.2 Å². The molecule has 5 nitrogen and oxygen atoms in total. The monoisotopic (exact) mass is 444 g/mol. The molecule has 25 heavy (non-hydrogen) atoms. The van der Waals surface area contributed by atoms with Gasteiger partial charge >= 0.3 is 0 Å². The van der Waals surface area contributed by atoms with Gasteiger partial charge in [0.05, 0.1) is 11.4 Å². The number of carbonyl (C=O) groups excluding carboxylic acids is 1. The SMILES string of the molecule is CN(Cc1cc(Br)cs1)C(=O)c1ccc(S(=O)(=O)NC(C)(C)C)cc1. The van der Waals surface area contributed by atoms with E-state index in [1.807, 2.05) is 11.4 Å². The predicted octanol–water partition coefficient (Wildman–Crippen LogP) is 3.86. The molecule has 1 aromatic heterocycles. The zero-order valence-electron chi connectivity index (χ0n) is 14.5. The lowest BCUT2D eigenvalue weighted by Gasteiger charge is -2.20. The summed E-state index contributed by atoms with van der Waals surface area (Å²) in [5.41, 5.74) is -0.115. The number of nitrogens with zero attached hydrogens (tertiary/aromatic N) is 1. The highest BCUT2D eigenvalue weighted by molar-refractivity contribution is 9.10. The molecule has 0 spiro atoms. The molecule has 136 valence electrons. The lowest BCUT2D eigenvalue weighted by molar-refractivity contribution is 0.0786. The Morgan fingerprint density at radius 3 is 2.32 bits per heavy atom. The highest BCUT2D eigenvalue weighted by Crippen LogP contribution is 2.21. The summed E-state index contributed by atoms with van der Waals surface area (Å²) < 4.78 is 28.2. The molecule has 1 amide bonds. The molecule has 0 unspecified atom stereocenters. The van der Waals surface area contributed by atoms with Gasteiger partial charge in [0.25, 0.3) is 5.91 Å². The third-order valence-electron chi connectivity index (χ3n) is 3.21. The molecule has 2 rings (SSSR count). The van der Waals surface area contributed by atoms with Crippen LogP contribution in [0.1, 0.15) is 36.0 Å². The molecular weight excluding hydrogens is 424 g/mol. The van der Waals surface area contributed by atoms with Crippen LogP contribution in [-0.2, 0) is 16.6 Å². The minimum Gasteiger partial charge on any atom is -0.337 e. The normalized spacial score (nSPS) is 12.2. The Labute approximate surface area is 161 Å². The maximum atomic E-state index is 12.5. The quantitative estimate of drug-likeness (QED) is 0.760. The van der Waals surface area contributed by atoms with Crippen molar-refractivity contribution in [3.63, 3.8) is 0 Å². The number of benzene rings is 1. The molecule has 1 aromatic carbocycles. The first-order valence-corrected chi connectivity index (χ1v) is 10.8. The molecule has 0 saturated carbocycles. The number of amides is 1. The lowest BCUT2D eigenvalue weighted by atomic mass is 10.1. The van der Waals surface area contributed by atoms with Gasteiger partial charge in [-0.05, 0) is 67.0 Å². The van der Waals surface area contributed by atoms with E-state index >= 15 is 0 Å². The molecule has 0 bridgehead atoms. The second-order valence-corrected chi connectivity index (χ2v) is 10.4. The standard InChI is InChI=1S/C17H21BrN2O3S2/c1-17(2,3)19-25(22,23)15-7-5-12(6-8-15)16(21)20(4)10-14-9-13(18)11-24-14/h5-9,11,19H,10H2,1-4H3. The van der Waals surface area contributed by atoms with Gasteiger partial charge in [0.15, 0.2) is 0 Å². The van der Waals surface area contributed by atoms with Crippen molar-refractivity contribution < 1.29 is 13.2 Å². The Bertz CT molecular complexity index is 853. The fourth-order valence-electron chi connectivity index (χ4n) is 2.20. The van der Waals surface area contributed by atoms with Crippen molar-refractivity contribution >= 4 is 43.2 Å². The smallest absolute Gasteiger partial charge is 0.253 e. The van der Waals surface area contributed by atoms with Crippen molar-refractivity contribution in [2.24, 2.45) is 0 Å². The zero-order chi connectivity index (χ0) is 18.8. The summed E-state index contributed by atoms with van der Waals surface area (Å²) in [4.78, 5) is 15.3. The number of rotatable bonds is 5. The summed E-state index contributed by atoms with van der Waals surface area (Å²) in [5, 5.41) is 1.97. The number of hydrogen-bond acceptors (Lipinski definition) is 4. The Balaban J connectivity index is 2.12. The van der Waals surface area contributed by atoms with Gasteiger partial charge in [-0.15, -0.1) is 11.3 Å². The third-order valence-corrected chi connectivity index (χ3v) is 6.67. The molecular formula is C17H21BrN2O3S2. The van der Waals surface area contributed by atoms with Gasteiger partial charge in [-0.25, -0.2) is 13.1 Å². The van der Waals surface area contributed by atoms with E-state index < -0.39 is 15.6 Å². The van der Waals surface area contributed by atoms with Crippen LogP contribution in [0.4, 0.5) is 0 Å². The Morgan fingerprint density at radius 1 is 1.24 bits per heavy atom. The van der Waals surface area contributed by atoms with Crippen LogP contribution in [0.3, 0.4) is 0 Å². The number of hydrogen-bond donors (Lipinski definition) is 1. The first-order chi connectivity index (χ1) is 11.5. The maximum absolute atomic E-state index is 12.5. The topological polar surface area (TPSA) is 66.5 Å². The molecule has 1 N–H and O–H groups in total. The van der Waals surface area contributed by atoms with Crippen LogP contribution in [0.15, 0.2) is 45.1 Å². The second-order valence-electron chi connectivity index (χ2n) is 6.77. The highest BCUT2D eigenvalue weighted by atomic mass is 79.9.